The summed E-state index contributed by atoms with van der Waals surface area (Å²) in [5.74, 6) is 0. The minimum Gasteiger partial charge on any atom is -0.329 e. The smallest absolute Gasteiger partial charge is 0.241 e. The Morgan fingerprint density at radius 1 is 1.33 bits per heavy atom. The Labute approximate surface area is 123 Å². The molecule has 0 saturated heterocycles. The third kappa shape index (κ3) is 4.20. The van der Waals surface area contributed by atoms with Gasteiger partial charge in [0, 0.05) is 17.1 Å². The number of sulfonamides is 1. The molecule has 0 aliphatic carbocycles. The van der Waals surface area contributed by atoms with Crippen molar-refractivity contribution in [2.75, 3.05) is 6.54 Å². The lowest BCUT2D eigenvalue weighted by Crippen LogP contribution is -2.38. The van der Waals surface area contributed by atoms with Crippen molar-refractivity contribution in [3.05, 3.63) is 27.7 Å². The SMILES string of the molecule is Cc1cc(S(=O)(=O)N[C@@H](C)CN)c(C)cc1Br.Cl. The van der Waals surface area contributed by atoms with Crippen molar-refractivity contribution in [3.8, 4) is 0 Å². The zero-order chi connectivity index (χ0) is 13.2. The minimum absolute atomic E-state index is 0. The Bertz CT molecular complexity index is 520. The van der Waals surface area contributed by atoms with Crippen LogP contribution in [0.2, 0.25) is 0 Å². The lowest BCUT2D eigenvalue weighted by molar-refractivity contribution is 0.562. The van der Waals surface area contributed by atoms with Crippen LogP contribution in [0.1, 0.15) is 18.1 Å². The first-order valence-corrected chi connectivity index (χ1v) is 7.54. The fourth-order valence-electron chi connectivity index (χ4n) is 1.42. The molecule has 0 aliphatic rings. The fourth-order valence-corrected chi connectivity index (χ4v) is 3.45. The maximum absolute atomic E-state index is 12.1. The average Bonchev–Trinajstić information content (AvgIpc) is 2.22. The van der Waals surface area contributed by atoms with E-state index in [2.05, 4.69) is 20.7 Å². The number of nitrogens with one attached hydrogen (secondary N) is 1. The van der Waals surface area contributed by atoms with E-state index in [1.807, 2.05) is 6.92 Å². The van der Waals surface area contributed by atoms with Crippen LogP contribution < -0.4 is 10.5 Å². The van der Waals surface area contributed by atoms with Gasteiger partial charge in [0.1, 0.15) is 0 Å². The fraction of sp³-hybridized carbons (Fsp3) is 0.455. The second-order valence-corrected chi connectivity index (χ2v) is 6.66. The molecule has 7 heteroatoms. The highest BCUT2D eigenvalue weighted by Crippen LogP contribution is 2.24. The molecule has 0 bridgehead atoms. The molecule has 0 aliphatic heterocycles. The summed E-state index contributed by atoms with van der Waals surface area (Å²) in [6.07, 6.45) is 0. The summed E-state index contributed by atoms with van der Waals surface area (Å²) in [5.41, 5.74) is 7.01. The molecule has 0 spiro atoms. The predicted octanol–water partition coefficient (Wildman–Crippen LogP) is 2.11. The van der Waals surface area contributed by atoms with Crippen LogP contribution in [0.15, 0.2) is 21.5 Å². The molecule has 0 amide bonds. The van der Waals surface area contributed by atoms with Gasteiger partial charge in [0.05, 0.1) is 4.90 Å². The normalized spacial score (nSPS) is 12.9. The third-order valence-corrected chi connectivity index (χ3v) is 5.04. The van der Waals surface area contributed by atoms with Gasteiger partial charge in [-0.25, -0.2) is 13.1 Å². The maximum atomic E-state index is 12.1. The summed E-state index contributed by atoms with van der Waals surface area (Å²) in [4.78, 5) is 0.304. The van der Waals surface area contributed by atoms with Crippen molar-refractivity contribution < 1.29 is 8.42 Å². The lowest BCUT2D eigenvalue weighted by Gasteiger charge is -2.14. The molecular weight excluding hydrogens is 340 g/mol. The van der Waals surface area contributed by atoms with Crippen molar-refractivity contribution >= 4 is 38.4 Å². The number of halogens is 2. The van der Waals surface area contributed by atoms with Crippen molar-refractivity contribution in [1.29, 1.82) is 0 Å². The quantitative estimate of drug-likeness (QED) is 0.867. The van der Waals surface area contributed by atoms with Crippen LogP contribution in [0, 0.1) is 13.8 Å². The first-order valence-electron chi connectivity index (χ1n) is 5.27. The van der Waals surface area contributed by atoms with Crippen molar-refractivity contribution in [2.24, 2.45) is 5.73 Å². The van der Waals surface area contributed by atoms with Gasteiger partial charge in [-0.2, -0.15) is 0 Å². The molecule has 0 radical (unpaired) electrons. The minimum atomic E-state index is -3.49. The van der Waals surface area contributed by atoms with E-state index in [9.17, 15) is 8.42 Å². The highest BCUT2D eigenvalue weighted by Gasteiger charge is 2.19. The van der Waals surface area contributed by atoms with Gasteiger partial charge in [-0.15, -0.1) is 12.4 Å². The molecule has 1 atom stereocenters. The number of hydrogen-bond acceptors (Lipinski definition) is 3. The molecule has 0 heterocycles. The number of hydrogen-bond donors (Lipinski definition) is 2. The van der Waals surface area contributed by atoms with E-state index in [0.29, 0.717) is 10.5 Å². The van der Waals surface area contributed by atoms with Gasteiger partial charge in [-0.1, -0.05) is 15.9 Å². The molecule has 3 N–H and O–H groups in total. The first kappa shape index (κ1) is 17.9. The van der Waals surface area contributed by atoms with Crippen molar-refractivity contribution in [3.63, 3.8) is 0 Å². The van der Waals surface area contributed by atoms with Crippen molar-refractivity contribution in [1.82, 2.24) is 4.72 Å². The molecule has 0 saturated carbocycles. The monoisotopic (exact) mass is 356 g/mol. The van der Waals surface area contributed by atoms with Gasteiger partial charge in [0.15, 0.2) is 0 Å². The molecule has 0 unspecified atom stereocenters. The third-order valence-electron chi connectivity index (χ3n) is 2.46. The van der Waals surface area contributed by atoms with Crippen LogP contribution in [0.25, 0.3) is 0 Å². The Morgan fingerprint density at radius 3 is 2.39 bits per heavy atom. The molecule has 1 aromatic carbocycles. The number of nitrogens with two attached hydrogens (primary N) is 1. The average molecular weight is 358 g/mol. The van der Waals surface area contributed by atoms with E-state index >= 15 is 0 Å². The van der Waals surface area contributed by atoms with Crippen LogP contribution in [-0.4, -0.2) is 21.0 Å². The zero-order valence-corrected chi connectivity index (χ0v) is 13.7. The van der Waals surface area contributed by atoms with Gasteiger partial charge >= 0.3 is 0 Å². The van der Waals surface area contributed by atoms with Crippen LogP contribution in [0.4, 0.5) is 0 Å². The van der Waals surface area contributed by atoms with Crippen LogP contribution >= 0.6 is 28.3 Å². The topological polar surface area (TPSA) is 72.2 Å². The molecular formula is C11H18BrClN2O2S. The first-order chi connectivity index (χ1) is 7.77. The van der Waals surface area contributed by atoms with Gasteiger partial charge in [-0.05, 0) is 44.0 Å². The highest BCUT2D eigenvalue weighted by molar-refractivity contribution is 9.10. The number of rotatable bonds is 4. The molecule has 0 fully saturated rings. The second kappa shape index (κ2) is 6.86. The number of benzene rings is 1. The molecule has 0 aromatic heterocycles. The van der Waals surface area contributed by atoms with Gasteiger partial charge in [0.2, 0.25) is 10.0 Å². The summed E-state index contributed by atoms with van der Waals surface area (Å²) in [5, 5.41) is 0. The Kier molecular flexibility index (Phi) is 6.81. The highest BCUT2D eigenvalue weighted by atomic mass is 79.9. The molecule has 1 aromatic rings. The van der Waals surface area contributed by atoms with E-state index in [1.165, 1.54) is 0 Å². The van der Waals surface area contributed by atoms with E-state index in [0.717, 1.165) is 10.0 Å². The summed E-state index contributed by atoms with van der Waals surface area (Å²) in [7, 11) is -3.49. The van der Waals surface area contributed by atoms with Gasteiger partial charge in [-0.3, -0.25) is 0 Å². The molecule has 18 heavy (non-hydrogen) atoms. The van der Waals surface area contributed by atoms with Gasteiger partial charge < -0.3 is 5.73 Å². The Hall–Kier alpha value is -0.140. The molecule has 1 rings (SSSR count). The molecule has 104 valence electrons. The standard InChI is InChI=1S/C11H17BrN2O2S.ClH/c1-7-5-11(8(2)4-10(7)12)17(15,16)14-9(3)6-13;/h4-5,9,14H,6,13H2,1-3H3;1H/t9-;/m0./s1. The summed E-state index contributed by atoms with van der Waals surface area (Å²) >= 11 is 3.38. The summed E-state index contributed by atoms with van der Waals surface area (Å²) < 4.78 is 27.7. The van der Waals surface area contributed by atoms with E-state index in [-0.39, 0.29) is 25.0 Å². The largest absolute Gasteiger partial charge is 0.329 e. The Balaban J connectivity index is 0.00000289. The van der Waals surface area contributed by atoms with E-state index < -0.39 is 10.0 Å². The van der Waals surface area contributed by atoms with E-state index in [1.54, 1.807) is 26.0 Å². The van der Waals surface area contributed by atoms with Crippen molar-refractivity contribution in [2.45, 2.75) is 31.7 Å². The van der Waals surface area contributed by atoms with Crippen LogP contribution in [0.5, 0.6) is 0 Å². The van der Waals surface area contributed by atoms with Gasteiger partial charge in [0.25, 0.3) is 0 Å². The lowest BCUT2D eigenvalue weighted by atomic mass is 10.2. The number of aryl methyl sites for hydroxylation is 2. The summed E-state index contributed by atoms with van der Waals surface area (Å²) in [6, 6.07) is 3.19. The van der Waals surface area contributed by atoms with Crippen LogP contribution in [-0.2, 0) is 10.0 Å². The Morgan fingerprint density at radius 2 is 1.89 bits per heavy atom. The molecule has 4 nitrogen and oxygen atoms in total. The predicted molar refractivity (Wildman–Crippen MR) is 79.7 cm³/mol. The maximum Gasteiger partial charge on any atom is 0.241 e. The second-order valence-electron chi connectivity index (χ2n) is 4.12. The van der Waals surface area contributed by atoms with Crippen LogP contribution in [0.3, 0.4) is 0 Å². The zero-order valence-electron chi connectivity index (χ0n) is 10.5. The van der Waals surface area contributed by atoms with E-state index in [4.69, 9.17) is 5.73 Å². The summed E-state index contributed by atoms with van der Waals surface area (Å²) in [6.45, 7) is 5.63.